The molecule has 1 aliphatic heterocycles. The molecule has 0 spiro atoms. The molecule has 0 aliphatic carbocycles. The van der Waals surface area contributed by atoms with Crippen LogP contribution in [-0.2, 0) is 13.5 Å². The van der Waals surface area contributed by atoms with Crippen LogP contribution in [0.1, 0.15) is 25.2 Å². The Kier molecular flexibility index (Phi) is 6.32. The minimum atomic E-state index is 0.513. The first-order chi connectivity index (χ1) is 9.54. The second-order valence-corrected chi connectivity index (χ2v) is 8.81. The van der Waals surface area contributed by atoms with E-state index in [1.807, 2.05) is 11.7 Å². The van der Waals surface area contributed by atoms with E-state index in [2.05, 4.69) is 70.6 Å². The van der Waals surface area contributed by atoms with E-state index < -0.39 is 0 Å². The molecule has 1 aromatic rings. The van der Waals surface area contributed by atoms with Gasteiger partial charge < -0.3 is 5.32 Å². The molecule has 1 saturated heterocycles. The second kappa shape index (κ2) is 7.56. The lowest BCUT2D eigenvalue weighted by molar-refractivity contribution is 0.486. The Hall–Kier alpha value is 0.350. The average Bonchev–Trinajstić information content (AvgIpc) is 2.65. The molecule has 0 bridgehead atoms. The molecule has 6 heteroatoms. The molecule has 2 rings (SSSR count). The van der Waals surface area contributed by atoms with Gasteiger partial charge in [0.1, 0.15) is 0 Å². The van der Waals surface area contributed by atoms with Gasteiger partial charge in [0, 0.05) is 41.5 Å². The van der Waals surface area contributed by atoms with Crippen molar-refractivity contribution in [3.8, 4) is 0 Å². The van der Waals surface area contributed by atoms with Gasteiger partial charge in [-0.1, -0.05) is 13.8 Å². The van der Waals surface area contributed by atoms with Crippen molar-refractivity contribution < 1.29 is 0 Å². The lowest BCUT2D eigenvalue weighted by Crippen LogP contribution is -2.46. The van der Waals surface area contributed by atoms with Gasteiger partial charge in [-0.15, -0.1) is 0 Å². The van der Waals surface area contributed by atoms with Gasteiger partial charge in [0.15, 0.2) is 0 Å². The van der Waals surface area contributed by atoms with Gasteiger partial charge in [-0.25, -0.2) is 0 Å². The van der Waals surface area contributed by atoms with E-state index in [0.717, 1.165) is 18.7 Å². The molecule has 1 N–H and O–H groups in total. The summed E-state index contributed by atoms with van der Waals surface area (Å²) in [5, 5.41) is 9.61. The Labute approximate surface area is 139 Å². The Morgan fingerprint density at radius 2 is 2.15 bits per heavy atom. The number of aryl methyl sites for hydroxylation is 2. The molecule has 0 amide bonds. The minimum Gasteiger partial charge on any atom is -0.313 e. The first kappa shape index (κ1) is 16.7. The number of nitrogens with one attached hydrogen (secondary N) is 1. The van der Waals surface area contributed by atoms with Gasteiger partial charge >= 0.3 is 0 Å². The highest BCUT2D eigenvalue weighted by Crippen LogP contribution is 2.34. The van der Waals surface area contributed by atoms with Crippen molar-refractivity contribution in [2.75, 3.05) is 18.1 Å². The zero-order valence-electron chi connectivity index (χ0n) is 12.6. The van der Waals surface area contributed by atoms with Gasteiger partial charge in [0.25, 0.3) is 0 Å². The van der Waals surface area contributed by atoms with E-state index in [1.54, 1.807) is 0 Å². The van der Waals surface area contributed by atoms with Crippen molar-refractivity contribution in [3.05, 3.63) is 15.9 Å². The topological polar surface area (TPSA) is 29.9 Å². The van der Waals surface area contributed by atoms with Crippen LogP contribution in [0.25, 0.3) is 0 Å². The summed E-state index contributed by atoms with van der Waals surface area (Å²) in [5.41, 5.74) is 2.38. The number of rotatable bonds is 5. The van der Waals surface area contributed by atoms with Crippen molar-refractivity contribution >= 4 is 39.5 Å². The molecule has 0 aromatic carbocycles. The number of nitrogens with zero attached hydrogens (tertiary/aromatic N) is 2. The van der Waals surface area contributed by atoms with Crippen molar-refractivity contribution in [2.45, 2.75) is 43.7 Å². The molecular weight excluding hydrogens is 354 g/mol. The summed E-state index contributed by atoms with van der Waals surface area (Å²) in [6.45, 7) is 7.65. The van der Waals surface area contributed by atoms with E-state index in [1.165, 1.54) is 21.7 Å². The number of hydrogen-bond acceptors (Lipinski definition) is 4. The quantitative estimate of drug-likeness (QED) is 0.852. The summed E-state index contributed by atoms with van der Waals surface area (Å²) in [6, 6.07) is 0.513. The van der Waals surface area contributed by atoms with Gasteiger partial charge in [-0.3, -0.25) is 4.68 Å². The van der Waals surface area contributed by atoms with Crippen LogP contribution < -0.4 is 5.32 Å². The first-order valence-electron chi connectivity index (χ1n) is 7.19. The number of hydrogen-bond donors (Lipinski definition) is 1. The minimum absolute atomic E-state index is 0.513. The molecule has 1 aromatic heterocycles. The zero-order valence-corrected chi connectivity index (χ0v) is 15.9. The van der Waals surface area contributed by atoms with Gasteiger partial charge in [-0.05, 0) is 29.4 Å². The third-order valence-corrected chi connectivity index (χ3v) is 8.06. The number of thioether (sulfide) groups is 2. The van der Waals surface area contributed by atoms with E-state index in [-0.39, 0.29) is 0 Å². The van der Waals surface area contributed by atoms with Crippen molar-refractivity contribution in [3.63, 3.8) is 0 Å². The SMILES string of the molecule is CCNC(Cc1c(Br)c(C)nn1C)C1SCCSC1C. The summed E-state index contributed by atoms with van der Waals surface area (Å²) < 4.78 is 3.19. The monoisotopic (exact) mass is 377 g/mol. The molecule has 0 radical (unpaired) electrons. The summed E-state index contributed by atoms with van der Waals surface area (Å²) in [5.74, 6) is 2.56. The van der Waals surface area contributed by atoms with E-state index in [4.69, 9.17) is 0 Å². The lowest BCUT2D eigenvalue weighted by Gasteiger charge is -2.35. The van der Waals surface area contributed by atoms with E-state index in [0.29, 0.717) is 16.5 Å². The van der Waals surface area contributed by atoms with Crippen molar-refractivity contribution in [1.29, 1.82) is 0 Å². The van der Waals surface area contributed by atoms with Crippen LogP contribution in [0.3, 0.4) is 0 Å². The molecule has 2 heterocycles. The highest BCUT2D eigenvalue weighted by Gasteiger charge is 2.31. The number of likely N-dealkylation sites (N-methyl/N-ethyl adjacent to an activating group) is 1. The predicted octanol–water partition coefficient (Wildman–Crippen LogP) is 3.25. The van der Waals surface area contributed by atoms with Crippen LogP contribution in [0.4, 0.5) is 0 Å². The molecular formula is C14H24BrN3S2. The van der Waals surface area contributed by atoms with Crippen LogP contribution in [0.5, 0.6) is 0 Å². The van der Waals surface area contributed by atoms with Gasteiger partial charge in [-0.2, -0.15) is 28.6 Å². The van der Waals surface area contributed by atoms with E-state index in [9.17, 15) is 0 Å². The third kappa shape index (κ3) is 3.76. The largest absolute Gasteiger partial charge is 0.313 e. The zero-order chi connectivity index (χ0) is 14.7. The maximum absolute atomic E-state index is 4.52. The summed E-state index contributed by atoms with van der Waals surface area (Å²) >= 11 is 7.93. The summed E-state index contributed by atoms with van der Waals surface area (Å²) in [7, 11) is 2.04. The van der Waals surface area contributed by atoms with Gasteiger partial charge in [0.2, 0.25) is 0 Å². The molecule has 0 saturated carbocycles. The van der Waals surface area contributed by atoms with Crippen LogP contribution in [0.15, 0.2) is 4.47 Å². The number of halogens is 1. The summed E-state index contributed by atoms with van der Waals surface area (Å²) in [4.78, 5) is 0. The highest BCUT2D eigenvalue weighted by atomic mass is 79.9. The normalized spacial score (nSPS) is 24.9. The molecule has 3 atom stereocenters. The van der Waals surface area contributed by atoms with Crippen molar-refractivity contribution in [1.82, 2.24) is 15.1 Å². The van der Waals surface area contributed by atoms with Crippen LogP contribution in [-0.4, -0.2) is 44.4 Å². The molecule has 3 unspecified atom stereocenters. The molecule has 114 valence electrons. The molecule has 20 heavy (non-hydrogen) atoms. The van der Waals surface area contributed by atoms with Crippen LogP contribution >= 0.6 is 39.5 Å². The highest BCUT2D eigenvalue weighted by molar-refractivity contribution is 9.10. The molecule has 1 fully saturated rings. The fraction of sp³-hybridized carbons (Fsp3) is 0.786. The molecule has 1 aliphatic rings. The van der Waals surface area contributed by atoms with Crippen LogP contribution in [0.2, 0.25) is 0 Å². The Morgan fingerprint density at radius 3 is 2.70 bits per heavy atom. The first-order valence-corrected chi connectivity index (χ1v) is 10.1. The van der Waals surface area contributed by atoms with Crippen molar-refractivity contribution in [2.24, 2.45) is 7.05 Å². The Bertz CT molecular complexity index is 450. The number of aromatic nitrogens is 2. The molecule has 3 nitrogen and oxygen atoms in total. The lowest BCUT2D eigenvalue weighted by atomic mass is 10.0. The maximum atomic E-state index is 4.52. The Morgan fingerprint density at radius 1 is 1.45 bits per heavy atom. The van der Waals surface area contributed by atoms with Gasteiger partial charge in [0.05, 0.1) is 15.9 Å². The average molecular weight is 378 g/mol. The third-order valence-electron chi connectivity index (χ3n) is 3.77. The Balaban J connectivity index is 2.16. The summed E-state index contributed by atoms with van der Waals surface area (Å²) in [6.07, 6.45) is 1.04. The van der Waals surface area contributed by atoms with E-state index >= 15 is 0 Å². The smallest absolute Gasteiger partial charge is 0.0738 e. The van der Waals surface area contributed by atoms with Crippen LogP contribution in [0, 0.1) is 6.92 Å². The maximum Gasteiger partial charge on any atom is 0.0738 e. The second-order valence-electron chi connectivity index (χ2n) is 5.25. The standard InChI is InChI=1S/C14H24BrN3S2/c1-5-16-11(14-10(3)19-6-7-20-14)8-12-13(15)9(2)17-18(12)4/h10-11,14,16H,5-8H2,1-4H3. The fourth-order valence-corrected chi connectivity index (χ4v) is 6.23. The predicted molar refractivity (Wildman–Crippen MR) is 95.0 cm³/mol. The fourth-order valence-electron chi connectivity index (χ4n) is 2.77.